The summed E-state index contributed by atoms with van der Waals surface area (Å²) >= 11 is 0. The van der Waals surface area contributed by atoms with Crippen molar-refractivity contribution in [2.75, 3.05) is 37.6 Å². The molecule has 1 amide bonds. The van der Waals surface area contributed by atoms with Crippen molar-refractivity contribution in [1.82, 2.24) is 25.3 Å². The molecule has 0 aliphatic carbocycles. The van der Waals surface area contributed by atoms with E-state index in [4.69, 9.17) is 5.73 Å². The number of rotatable bonds is 8. The van der Waals surface area contributed by atoms with Crippen molar-refractivity contribution in [3.63, 3.8) is 0 Å². The fraction of sp³-hybridized carbons (Fsp3) is 0.346. The Hall–Kier alpha value is -3.40. The molecule has 0 radical (unpaired) electrons. The number of aromatic nitrogens is 2. The third-order valence-electron chi connectivity index (χ3n) is 6.37. The van der Waals surface area contributed by atoms with Gasteiger partial charge in [0.15, 0.2) is 0 Å². The van der Waals surface area contributed by atoms with E-state index in [0.29, 0.717) is 37.7 Å². The Labute approximate surface area is 205 Å². The average molecular weight is 478 g/mol. The second-order valence-electron chi connectivity index (χ2n) is 8.75. The van der Waals surface area contributed by atoms with E-state index in [1.807, 2.05) is 53.2 Å². The lowest BCUT2D eigenvalue weighted by atomic mass is 10.0. The topological polar surface area (TPSA) is 90.6 Å². The highest BCUT2D eigenvalue weighted by Crippen LogP contribution is 2.23. The summed E-state index contributed by atoms with van der Waals surface area (Å²) < 4.78 is 13.9. The summed E-state index contributed by atoms with van der Waals surface area (Å²) in [6, 6.07) is 16.3. The molecule has 2 aromatic carbocycles. The number of hydrogen-bond acceptors (Lipinski definition) is 7. The van der Waals surface area contributed by atoms with Crippen LogP contribution >= 0.6 is 0 Å². The second kappa shape index (κ2) is 11.4. The fourth-order valence-corrected chi connectivity index (χ4v) is 4.17. The second-order valence-corrected chi connectivity index (χ2v) is 8.75. The molecule has 2 unspecified atom stereocenters. The van der Waals surface area contributed by atoms with Gasteiger partial charge >= 0.3 is 0 Å². The number of piperazine rings is 1. The number of nitrogens with two attached hydrogens (primary N) is 1. The standard InChI is InChI=1S/C26H32FN7O/c1-19-17-22(9-10-23(19)27)20(2)34(31-25(28)21-7-4-3-5-8-21)18-24(35)32-13-15-33(16-14-32)26-29-11-6-12-30-26/h3-12,17,20,25,31H,13-16,18,28H2,1-2H3. The van der Waals surface area contributed by atoms with E-state index in [9.17, 15) is 9.18 Å². The van der Waals surface area contributed by atoms with Gasteiger partial charge in [-0.05, 0) is 42.7 Å². The largest absolute Gasteiger partial charge is 0.338 e. The Morgan fingerprint density at radius 2 is 1.74 bits per heavy atom. The van der Waals surface area contributed by atoms with Gasteiger partial charge in [-0.3, -0.25) is 4.79 Å². The summed E-state index contributed by atoms with van der Waals surface area (Å²) in [6.07, 6.45) is 2.94. The van der Waals surface area contributed by atoms with Crippen molar-refractivity contribution >= 4 is 11.9 Å². The molecule has 3 aromatic rings. The number of halogens is 1. The molecule has 3 N–H and O–H groups in total. The number of carbonyl (C=O) groups excluding carboxylic acids is 1. The number of hydrogen-bond donors (Lipinski definition) is 2. The van der Waals surface area contributed by atoms with E-state index in [2.05, 4.69) is 20.3 Å². The number of nitrogens with one attached hydrogen (secondary N) is 1. The van der Waals surface area contributed by atoms with Gasteiger partial charge in [0.1, 0.15) is 5.82 Å². The third-order valence-corrected chi connectivity index (χ3v) is 6.37. The van der Waals surface area contributed by atoms with Crippen LogP contribution in [-0.2, 0) is 4.79 Å². The lowest BCUT2D eigenvalue weighted by Crippen LogP contribution is -2.54. The van der Waals surface area contributed by atoms with Crippen molar-refractivity contribution in [2.45, 2.75) is 26.1 Å². The molecule has 4 rings (SSSR count). The van der Waals surface area contributed by atoms with Crippen LogP contribution in [0.25, 0.3) is 0 Å². The molecule has 1 aromatic heterocycles. The van der Waals surface area contributed by atoms with Gasteiger partial charge in [0.2, 0.25) is 11.9 Å². The molecule has 8 nitrogen and oxygen atoms in total. The number of nitrogens with zero attached hydrogens (tertiary/aromatic N) is 5. The number of aryl methyl sites for hydroxylation is 1. The number of hydrazine groups is 1. The van der Waals surface area contributed by atoms with Gasteiger partial charge in [-0.15, -0.1) is 0 Å². The Morgan fingerprint density at radius 1 is 1.06 bits per heavy atom. The first-order valence-electron chi connectivity index (χ1n) is 11.8. The molecule has 0 bridgehead atoms. The molecule has 35 heavy (non-hydrogen) atoms. The Morgan fingerprint density at radius 3 is 2.40 bits per heavy atom. The van der Waals surface area contributed by atoms with Crippen LogP contribution in [0.4, 0.5) is 10.3 Å². The molecule has 0 saturated carbocycles. The molecule has 9 heteroatoms. The van der Waals surface area contributed by atoms with Crippen molar-refractivity contribution in [3.8, 4) is 0 Å². The maximum Gasteiger partial charge on any atom is 0.238 e. The minimum Gasteiger partial charge on any atom is -0.338 e. The van der Waals surface area contributed by atoms with Crippen molar-refractivity contribution in [3.05, 3.63) is 89.5 Å². The molecule has 1 aliphatic rings. The van der Waals surface area contributed by atoms with Crippen LogP contribution in [0, 0.1) is 12.7 Å². The molecule has 0 spiro atoms. The Kier molecular flexibility index (Phi) is 8.02. The smallest absolute Gasteiger partial charge is 0.238 e. The minimum atomic E-state index is -0.500. The lowest BCUT2D eigenvalue weighted by Gasteiger charge is -2.37. The molecule has 1 fully saturated rings. The lowest BCUT2D eigenvalue weighted by molar-refractivity contribution is -0.134. The quantitative estimate of drug-likeness (QED) is 0.381. The summed E-state index contributed by atoms with van der Waals surface area (Å²) in [6.45, 7) is 6.34. The highest BCUT2D eigenvalue weighted by atomic mass is 19.1. The van der Waals surface area contributed by atoms with Crippen LogP contribution in [0.5, 0.6) is 0 Å². The molecule has 1 saturated heterocycles. The molecular weight excluding hydrogens is 445 g/mol. The van der Waals surface area contributed by atoms with Gasteiger partial charge in [-0.2, -0.15) is 0 Å². The monoisotopic (exact) mass is 477 g/mol. The van der Waals surface area contributed by atoms with Gasteiger partial charge in [0.25, 0.3) is 0 Å². The summed E-state index contributed by atoms with van der Waals surface area (Å²) in [7, 11) is 0. The van der Waals surface area contributed by atoms with Gasteiger partial charge in [-0.25, -0.2) is 24.8 Å². The maximum absolute atomic E-state index is 13.9. The predicted octanol–water partition coefficient (Wildman–Crippen LogP) is 2.80. The number of carbonyl (C=O) groups is 1. The number of anilines is 1. The molecular formula is C26H32FN7O. The van der Waals surface area contributed by atoms with Gasteiger partial charge in [0.05, 0.1) is 12.7 Å². The molecule has 2 atom stereocenters. The first-order valence-corrected chi connectivity index (χ1v) is 11.8. The zero-order valence-corrected chi connectivity index (χ0v) is 20.1. The summed E-state index contributed by atoms with van der Waals surface area (Å²) in [5, 5.41) is 1.85. The zero-order chi connectivity index (χ0) is 24.8. The van der Waals surface area contributed by atoms with Crippen LogP contribution in [-0.4, -0.2) is 58.5 Å². The highest BCUT2D eigenvalue weighted by Gasteiger charge is 2.27. The average Bonchev–Trinajstić information content (AvgIpc) is 2.90. The van der Waals surface area contributed by atoms with Gasteiger partial charge in [-0.1, -0.05) is 42.5 Å². The van der Waals surface area contributed by atoms with Crippen LogP contribution in [0.3, 0.4) is 0 Å². The molecule has 2 heterocycles. The summed E-state index contributed by atoms with van der Waals surface area (Å²) in [4.78, 5) is 25.9. The van der Waals surface area contributed by atoms with E-state index < -0.39 is 6.17 Å². The number of benzene rings is 2. The third kappa shape index (κ3) is 6.19. The van der Waals surface area contributed by atoms with Gasteiger partial charge < -0.3 is 15.5 Å². The van der Waals surface area contributed by atoms with E-state index in [-0.39, 0.29) is 24.3 Å². The predicted molar refractivity (Wildman–Crippen MR) is 134 cm³/mol. The van der Waals surface area contributed by atoms with E-state index in [1.165, 1.54) is 6.07 Å². The molecule has 184 valence electrons. The van der Waals surface area contributed by atoms with Crippen LogP contribution in [0.1, 0.15) is 35.8 Å². The van der Waals surface area contributed by atoms with Crippen LogP contribution in [0.2, 0.25) is 0 Å². The van der Waals surface area contributed by atoms with E-state index >= 15 is 0 Å². The van der Waals surface area contributed by atoms with Crippen molar-refractivity contribution in [2.24, 2.45) is 5.73 Å². The first-order chi connectivity index (χ1) is 16.9. The van der Waals surface area contributed by atoms with Crippen LogP contribution in [0.15, 0.2) is 67.0 Å². The zero-order valence-electron chi connectivity index (χ0n) is 20.1. The fourth-order valence-electron chi connectivity index (χ4n) is 4.17. The van der Waals surface area contributed by atoms with Crippen molar-refractivity contribution in [1.29, 1.82) is 0 Å². The van der Waals surface area contributed by atoms with E-state index in [1.54, 1.807) is 31.5 Å². The maximum atomic E-state index is 13.9. The normalized spacial score (nSPS) is 15.8. The van der Waals surface area contributed by atoms with Gasteiger partial charge in [0, 0.05) is 44.6 Å². The first kappa shape index (κ1) is 24.7. The molecule has 1 aliphatic heterocycles. The Bertz CT molecular complexity index is 1110. The summed E-state index contributed by atoms with van der Waals surface area (Å²) in [5.41, 5.74) is 12.1. The van der Waals surface area contributed by atoms with E-state index in [0.717, 1.165) is 11.1 Å². The highest BCUT2D eigenvalue weighted by molar-refractivity contribution is 5.78. The van der Waals surface area contributed by atoms with Crippen LogP contribution < -0.4 is 16.1 Å². The SMILES string of the molecule is Cc1cc(C(C)N(CC(=O)N2CCN(c3ncccn3)CC2)NC(N)c2ccccc2)ccc1F. The minimum absolute atomic E-state index is 0.00271. The Balaban J connectivity index is 1.46. The number of amides is 1. The summed E-state index contributed by atoms with van der Waals surface area (Å²) in [5.74, 6) is 0.423. The van der Waals surface area contributed by atoms with Crippen molar-refractivity contribution < 1.29 is 9.18 Å².